The maximum atomic E-state index is 12.6. The molecule has 5 N–H and O–H groups in total. The van der Waals surface area contributed by atoms with Crippen molar-refractivity contribution in [2.45, 2.75) is 57.7 Å². The van der Waals surface area contributed by atoms with Gasteiger partial charge in [0, 0.05) is 52.9 Å². The van der Waals surface area contributed by atoms with Crippen LogP contribution in [0.25, 0.3) is 0 Å². The van der Waals surface area contributed by atoms with Crippen molar-refractivity contribution in [1.29, 1.82) is 5.41 Å². The minimum Gasteiger partial charge on any atom is -0.398 e. The molecule has 0 radical (unpaired) electrons. The van der Waals surface area contributed by atoms with E-state index in [0.29, 0.717) is 35.9 Å². The summed E-state index contributed by atoms with van der Waals surface area (Å²) >= 11 is 0. The number of nitrogen functional groups attached to an aromatic ring is 1. The number of allylic oxidation sites excluding steroid dienone is 3. The van der Waals surface area contributed by atoms with Gasteiger partial charge in [-0.15, -0.1) is 0 Å². The summed E-state index contributed by atoms with van der Waals surface area (Å²) < 4.78 is 0. The van der Waals surface area contributed by atoms with Gasteiger partial charge in [-0.3, -0.25) is 15.2 Å². The lowest BCUT2D eigenvalue weighted by molar-refractivity contribution is 0.0954. The van der Waals surface area contributed by atoms with Gasteiger partial charge in [0.25, 0.3) is 5.91 Å². The third-order valence-electron chi connectivity index (χ3n) is 6.65. The average molecular weight is 502 g/mol. The molecule has 1 saturated heterocycles. The number of aliphatic imine (C=N–C) groups is 1. The highest BCUT2D eigenvalue weighted by molar-refractivity contribution is 6.15. The van der Waals surface area contributed by atoms with Crippen LogP contribution in [0.5, 0.6) is 0 Å². The predicted octanol–water partition coefficient (Wildman–Crippen LogP) is 4.75. The summed E-state index contributed by atoms with van der Waals surface area (Å²) in [5.41, 5.74) is 9.71. The Balaban J connectivity index is 1.71. The Bertz CT molecular complexity index is 1140. The van der Waals surface area contributed by atoms with Crippen LogP contribution in [0.1, 0.15) is 61.0 Å². The van der Waals surface area contributed by atoms with Gasteiger partial charge in [-0.25, -0.2) is 0 Å². The molecule has 1 aliphatic heterocycles. The zero-order valence-electron chi connectivity index (χ0n) is 21.9. The Morgan fingerprint density at radius 1 is 1.22 bits per heavy atom. The lowest BCUT2D eigenvalue weighted by Gasteiger charge is -2.44. The van der Waals surface area contributed by atoms with Crippen LogP contribution in [0.3, 0.4) is 0 Å². The van der Waals surface area contributed by atoms with Crippen molar-refractivity contribution in [1.82, 2.24) is 5.32 Å². The summed E-state index contributed by atoms with van der Waals surface area (Å²) in [6, 6.07) is 13.5. The number of piperidine rings is 1. The van der Waals surface area contributed by atoms with Gasteiger partial charge in [0.15, 0.2) is 0 Å². The molecule has 7 heteroatoms. The van der Waals surface area contributed by atoms with E-state index >= 15 is 0 Å². The van der Waals surface area contributed by atoms with Gasteiger partial charge < -0.3 is 21.1 Å². The molecule has 0 aliphatic carbocycles. The van der Waals surface area contributed by atoms with Crippen LogP contribution >= 0.6 is 0 Å². The largest absolute Gasteiger partial charge is 0.398 e. The van der Waals surface area contributed by atoms with Crippen LogP contribution in [-0.2, 0) is 0 Å². The molecular weight excluding hydrogens is 462 g/mol. The van der Waals surface area contributed by atoms with E-state index < -0.39 is 0 Å². The number of nitrogens with two attached hydrogens (primary N) is 1. The number of carbonyl (C=O) groups excluding carboxylic acids is 1. The molecule has 3 unspecified atom stereocenters. The first kappa shape index (κ1) is 27.9. The Labute approximate surface area is 220 Å². The molecule has 7 nitrogen and oxygen atoms in total. The number of aliphatic hydroxyl groups excluding tert-OH is 1. The van der Waals surface area contributed by atoms with Crippen LogP contribution in [0.15, 0.2) is 72.3 Å². The van der Waals surface area contributed by atoms with E-state index in [2.05, 4.69) is 35.6 Å². The summed E-state index contributed by atoms with van der Waals surface area (Å²) in [5.74, 6) is -0.232. The van der Waals surface area contributed by atoms with Gasteiger partial charge in [0.1, 0.15) is 0 Å². The number of carbonyl (C=O) groups is 1. The molecular formula is C30H39N5O2. The molecule has 2 aromatic rings. The second kappa shape index (κ2) is 13.6. The van der Waals surface area contributed by atoms with E-state index in [1.54, 1.807) is 42.6 Å². The second-order valence-electron chi connectivity index (χ2n) is 9.48. The smallest absolute Gasteiger partial charge is 0.251 e. The number of nitrogens with one attached hydrogen (secondary N) is 2. The van der Waals surface area contributed by atoms with Crippen LogP contribution in [-0.4, -0.2) is 54.2 Å². The molecule has 1 heterocycles. The van der Waals surface area contributed by atoms with Gasteiger partial charge >= 0.3 is 0 Å². The molecule has 2 aromatic carbocycles. The number of aliphatic hydroxyl groups is 1. The fraction of sp³-hybridized carbons (Fsp3) is 0.367. The summed E-state index contributed by atoms with van der Waals surface area (Å²) in [6.45, 7) is 8.79. The summed E-state index contributed by atoms with van der Waals surface area (Å²) in [5, 5.41) is 21.9. The summed E-state index contributed by atoms with van der Waals surface area (Å²) in [6.07, 6.45) is 10.3. The Morgan fingerprint density at radius 3 is 2.65 bits per heavy atom. The number of anilines is 2. The third-order valence-corrected chi connectivity index (χ3v) is 6.65. The molecule has 1 fully saturated rings. The summed E-state index contributed by atoms with van der Waals surface area (Å²) in [4.78, 5) is 19.2. The van der Waals surface area contributed by atoms with Gasteiger partial charge in [0.05, 0.1) is 18.4 Å². The van der Waals surface area contributed by atoms with Crippen LogP contribution in [0, 0.1) is 5.41 Å². The minimum atomic E-state index is -0.255. The van der Waals surface area contributed by atoms with Gasteiger partial charge in [-0.05, 0) is 62.6 Å². The first-order valence-corrected chi connectivity index (χ1v) is 13.0. The van der Waals surface area contributed by atoms with E-state index in [-0.39, 0.29) is 23.8 Å². The fourth-order valence-corrected chi connectivity index (χ4v) is 4.92. The van der Waals surface area contributed by atoms with Gasteiger partial charge in [-0.1, -0.05) is 44.2 Å². The number of hydrogen-bond acceptors (Lipinski definition) is 6. The van der Waals surface area contributed by atoms with E-state index in [1.165, 1.54) is 0 Å². The molecule has 0 bridgehead atoms. The molecule has 0 aromatic heterocycles. The van der Waals surface area contributed by atoms with Crippen molar-refractivity contribution in [2.24, 2.45) is 4.99 Å². The first-order valence-electron chi connectivity index (χ1n) is 13.0. The Morgan fingerprint density at radius 2 is 1.95 bits per heavy atom. The summed E-state index contributed by atoms with van der Waals surface area (Å²) in [7, 11) is 0. The number of nitrogens with zero attached hydrogens (tertiary/aromatic N) is 2. The Hall–Kier alpha value is -3.71. The maximum Gasteiger partial charge on any atom is 0.251 e. The van der Waals surface area contributed by atoms with E-state index in [4.69, 9.17) is 11.1 Å². The topological polar surface area (TPSA) is 115 Å². The highest BCUT2D eigenvalue weighted by Crippen LogP contribution is 2.32. The second-order valence-corrected chi connectivity index (χ2v) is 9.48. The highest BCUT2D eigenvalue weighted by atomic mass is 16.3. The van der Waals surface area contributed by atoms with Crippen molar-refractivity contribution in [3.05, 3.63) is 84.0 Å². The first-order chi connectivity index (χ1) is 17.8. The number of rotatable bonds is 11. The number of amides is 1. The van der Waals surface area contributed by atoms with E-state index in [9.17, 15) is 9.90 Å². The number of hydrogen-bond donors (Lipinski definition) is 4. The normalized spacial score (nSPS) is 19.9. The molecule has 37 heavy (non-hydrogen) atoms. The monoisotopic (exact) mass is 501 g/mol. The third kappa shape index (κ3) is 7.40. The van der Waals surface area contributed by atoms with E-state index in [0.717, 1.165) is 36.9 Å². The molecule has 1 aliphatic rings. The molecule has 3 rings (SSSR count). The highest BCUT2D eigenvalue weighted by Gasteiger charge is 2.32. The van der Waals surface area contributed by atoms with Crippen LogP contribution < -0.4 is 16.0 Å². The lowest BCUT2D eigenvalue weighted by Crippen LogP contribution is -2.49. The van der Waals surface area contributed by atoms with Gasteiger partial charge in [0.2, 0.25) is 0 Å². The van der Waals surface area contributed by atoms with Gasteiger partial charge in [-0.2, -0.15) is 0 Å². The van der Waals surface area contributed by atoms with Crippen LogP contribution in [0.2, 0.25) is 0 Å². The Kier molecular flexibility index (Phi) is 10.2. The number of benzene rings is 2. The SMILES string of the molecule is C=C/C=C\C=N/CCNC(=O)c1ccc(N)c(C(=N)c2ccc(N3C(C)CC(O)CC3CCC)cc2)c1. The van der Waals surface area contributed by atoms with Crippen molar-refractivity contribution in [3.63, 3.8) is 0 Å². The molecule has 196 valence electrons. The zero-order valence-corrected chi connectivity index (χ0v) is 21.9. The van der Waals surface area contributed by atoms with Crippen molar-refractivity contribution in [3.8, 4) is 0 Å². The predicted molar refractivity (Wildman–Crippen MR) is 154 cm³/mol. The minimum absolute atomic E-state index is 0.232. The lowest BCUT2D eigenvalue weighted by atomic mass is 9.90. The molecule has 1 amide bonds. The quantitative estimate of drug-likeness (QED) is 0.154. The molecule has 0 saturated carbocycles. The van der Waals surface area contributed by atoms with Crippen molar-refractivity contribution in [2.75, 3.05) is 23.7 Å². The van der Waals surface area contributed by atoms with Crippen molar-refractivity contribution < 1.29 is 9.90 Å². The zero-order chi connectivity index (χ0) is 26.8. The standard InChI is InChI=1S/C30H39N5O2/c1-4-6-7-15-33-16-17-34-30(37)23-11-14-28(31)27(19-23)29(32)22-9-12-24(13-10-22)35-21(3)18-26(36)20-25(35)8-5-2/h4,6-7,9-15,19,21,25-26,32,36H,1,5,8,16-18,20,31H2,2-3H3,(H,34,37)/b7-6-,32-29?,33-15-. The average Bonchev–Trinajstić information content (AvgIpc) is 2.88. The molecule has 3 atom stereocenters. The van der Waals surface area contributed by atoms with E-state index in [1.807, 2.05) is 24.3 Å². The van der Waals surface area contributed by atoms with Crippen molar-refractivity contribution >= 4 is 29.2 Å². The fourth-order valence-electron chi connectivity index (χ4n) is 4.92. The maximum absolute atomic E-state index is 12.6. The molecule has 0 spiro atoms. The van der Waals surface area contributed by atoms with Crippen LogP contribution in [0.4, 0.5) is 11.4 Å².